The van der Waals surface area contributed by atoms with Crippen molar-refractivity contribution >= 4 is 15.7 Å². The van der Waals surface area contributed by atoms with E-state index < -0.39 is 9.84 Å². The Kier molecular flexibility index (Phi) is 5.95. The summed E-state index contributed by atoms with van der Waals surface area (Å²) in [6, 6.07) is 4.05. The molecular formula is C14H25N3O2S. The summed E-state index contributed by atoms with van der Waals surface area (Å²) < 4.78 is 22.4. The summed E-state index contributed by atoms with van der Waals surface area (Å²) in [6.45, 7) is 5.19. The van der Waals surface area contributed by atoms with Gasteiger partial charge in [-0.1, -0.05) is 19.9 Å². The molecule has 0 saturated heterocycles. The predicted molar refractivity (Wildman–Crippen MR) is 83.6 cm³/mol. The summed E-state index contributed by atoms with van der Waals surface area (Å²) >= 11 is 0. The van der Waals surface area contributed by atoms with Crippen LogP contribution in [0.4, 0.5) is 5.82 Å². The summed E-state index contributed by atoms with van der Waals surface area (Å²) in [5, 5.41) is 3.30. The van der Waals surface area contributed by atoms with Gasteiger partial charge in [0.05, 0.1) is 5.75 Å². The van der Waals surface area contributed by atoms with Crippen LogP contribution in [0.25, 0.3) is 0 Å². The first kappa shape index (κ1) is 16.9. The molecule has 0 aliphatic rings. The van der Waals surface area contributed by atoms with Gasteiger partial charge in [-0.05, 0) is 31.6 Å². The smallest absolute Gasteiger partial charge is 0.151 e. The number of aromatic nitrogens is 1. The lowest BCUT2D eigenvalue weighted by atomic mass is 10.0. The van der Waals surface area contributed by atoms with E-state index in [1.54, 1.807) is 12.3 Å². The van der Waals surface area contributed by atoms with Crippen LogP contribution in [-0.4, -0.2) is 51.2 Å². The molecule has 20 heavy (non-hydrogen) atoms. The van der Waals surface area contributed by atoms with Crippen molar-refractivity contribution in [2.24, 2.45) is 5.92 Å². The molecule has 114 valence electrons. The zero-order chi connectivity index (χ0) is 15.3. The van der Waals surface area contributed by atoms with E-state index in [4.69, 9.17) is 0 Å². The van der Waals surface area contributed by atoms with Gasteiger partial charge in [0.1, 0.15) is 5.82 Å². The SMILES string of the molecule is CC(C)[C@@H](CNc1ccc(CS(C)(=O)=O)cn1)N(C)C. The van der Waals surface area contributed by atoms with Gasteiger partial charge < -0.3 is 10.2 Å². The molecule has 0 unspecified atom stereocenters. The summed E-state index contributed by atoms with van der Waals surface area (Å²) in [5.74, 6) is 1.35. The molecule has 0 aliphatic heterocycles. The predicted octanol–water partition coefficient (Wildman–Crippen LogP) is 1.62. The minimum atomic E-state index is -3.01. The maximum Gasteiger partial charge on any atom is 0.151 e. The third-order valence-corrected chi connectivity index (χ3v) is 4.04. The van der Waals surface area contributed by atoms with Crippen LogP contribution >= 0.6 is 0 Å². The molecule has 1 rings (SSSR count). The summed E-state index contributed by atoms with van der Waals surface area (Å²) in [4.78, 5) is 6.45. The largest absolute Gasteiger partial charge is 0.368 e. The lowest BCUT2D eigenvalue weighted by Crippen LogP contribution is -2.38. The number of anilines is 1. The summed E-state index contributed by atoms with van der Waals surface area (Å²) in [5.41, 5.74) is 0.714. The fourth-order valence-electron chi connectivity index (χ4n) is 2.14. The normalized spacial score (nSPS) is 13.8. The van der Waals surface area contributed by atoms with E-state index in [-0.39, 0.29) is 5.75 Å². The van der Waals surface area contributed by atoms with Crippen LogP contribution in [0.2, 0.25) is 0 Å². The highest BCUT2D eigenvalue weighted by Gasteiger charge is 2.15. The highest BCUT2D eigenvalue weighted by Crippen LogP contribution is 2.11. The van der Waals surface area contributed by atoms with Crippen molar-refractivity contribution in [3.63, 3.8) is 0 Å². The molecule has 1 aromatic rings. The molecular weight excluding hydrogens is 274 g/mol. The maximum absolute atomic E-state index is 11.2. The lowest BCUT2D eigenvalue weighted by Gasteiger charge is -2.28. The van der Waals surface area contributed by atoms with Gasteiger partial charge in [0.25, 0.3) is 0 Å². The second-order valence-electron chi connectivity index (χ2n) is 5.78. The van der Waals surface area contributed by atoms with Crippen LogP contribution in [0.15, 0.2) is 18.3 Å². The third-order valence-electron chi connectivity index (χ3n) is 3.18. The van der Waals surface area contributed by atoms with E-state index in [0.29, 0.717) is 17.5 Å². The zero-order valence-electron chi connectivity index (χ0n) is 12.9. The quantitative estimate of drug-likeness (QED) is 0.829. The standard InChI is InChI=1S/C14H25N3O2S/c1-11(2)13(17(3)4)9-16-14-7-6-12(8-15-14)10-20(5,18)19/h6-8,11,13H,9-10H2,1-5H3,(H,15,16)/t13-/m1/s1. The Hall–Kier alpha value is -1.14. The van der Waals surface area contributed by atoms with Gasteiger partial charge in [0.15, 0.2) is 9.84 Å². The third kappa shape index (κ3) is 5.88. The maximum atomic E-state index is 11.2. The molecule has 0 spiro atoms. The molecule has 0 fully saturated rings. The molecule has 0 aliphatic carbocycles. The van der Waals surface area contributed by atoms with E-state index >= 15 is 0 Å². The van der Waals surface area contributed by atoms with Crippen LogP contribution < -0.4 is 5.32 Å². The van der Waals surface area contributed by atoms with Crippen molar-refractivity contribution in [1.82, 2.24) is 9.88 Å². The molecule has 1 heterocycles. The molecule has 0 bridgehead atoms. The number of hydrogen-bond donors (Lipinski definition) is 1. The molecule has 0 amide bonds. The van der Waals surface area contributed by atoms with Crippen LogP contribution in [0.5, 0.6) is 0 Å². The minimum absolute atomic E-state index is 0.0343. The average Bonchev–Trinajstić information content (AvgIpc) is 2.28. The number of rotatable bonds is 7. The Labute approximate surface area is 122 Å². The Balaban J connectivity index is 2.62. The first-order valence-electron chi connectivity index (χ1n) is 6.72. The van der Waals surface area contributed by atoms with Gasteiger partial charge in [-0.15, -0.1) is 0 Å². The lowest BCUT2D eigenvalue weighted by molar-refractivity contribution is 0.243. The second kappa shape index (κ2) is 7.04. The minimum Gasteiger partial charge on any atom is -0.368 e. The van der Waals surface area contributed by atoms with Crippen LogP contribution in [-0.2, 0) is 15.6 Å². The van der Waals surface area contributed by atoms with Crippen molar-refractivity contribution in [1.29, 1.82) is 0 Å². The van der Waals surface area contributed by atoms with E-state index in [9.17, 15) is 8.42 Å². The second-order valence-corrected chi connectivity index (χ2v) is 7.92. The van der Waals surface area contributed by atoms with Gasteiger partial charge in [-0.25, -0.2) is 13.4 Å². The number of nitrogens with one attached hydrogen (secondary N) is 1. The van der Waals surface area contributed by atoms with Crippen molar-refractivity contribution in [2.75, 3.05) is 32.2 Å². The Bertz CT molecular complexity index is 502. The fraction of sp³-hybridized carbons (Fsp3) is 0.643. The highest BCUT2D eigenvalue weighted by atomic mass is 32.2. The topological polar surface area (TPSA) is 62.3 Å². The Morgan fingerprint density at radius 1 is 1.30 bits per heavy atom. The van der Waals surface area contributed by atoms with Gasteiger partial charge >= 0.3 is 0 Å². The number of hydrogen-bond acceptors (Lipinski definition) is 5. The van der Waals surface area contributed by atoms with Crippen molar-refractivity contribution in [3.05, 3.63) is 23.9 Å². The molecule has 1 atom stereocenters. The summed E-state index contributed by atoms with van der Waals surface area (Å²) in [6.07, 6.45) is 2.84. The van der Waals surface area contributed by atoms with Gasteiger partial charge in [-0.3, -0.25) is 0 Å². The Morgan fingerprint density at radius 3 is 2.35 bits per heavy atom. The van der Waals surface area contributed by atoms with E-state index in [1.807, 2.05) is 6.07 Å². The molecule has 1 aromatic heterocycles. The first-order chi connectivity index (χ1) is 9.19. The van der Waals surface area contributed by atoms with Gasteiger partial charge in [-0.2, -0.15) is 0 Å². The van der Waals surface area contributed by atoms with E-state index in [2.05, 4.69) is 43.1 Å². The van der Waals surface area contributed by atoms with Gasteiger partial charge in [0.2, 0.25) is 0 Å². The van der Waals surface area contributed by atoms with Crippen molar-refractivity contribution in [2.45, 2.75) is 25.6 Å². The number of sulfone groups is 1. The molecule has 0 radical (unpaired) electrons. The summed E-state index contributed by atoms with van der Waals surface area (Å²) in [7, 11) is 1.12. The number of nitrogens with zero attached hydrogens (tertiary/aromatic N) is 2. The number of pyridine rings is 1. The van der Waals surface area contributed by atoms with E-state index in [1.165, 1.54) is 6.26 Å². The molecule has 5 nitrogen and oxygen atoms in total. The van der Waals surface area contributed by atoms with Crippen LogP contribution in [0.1, 0.15) is 19.4 Å². The van der Waals surface area contributed by atoms with Gasteiger partial charge in [0, 0.05) is 25.0 Å². The fourth-order valence-corrected chi connectivity index (χ4v) is 2.92. The first-order valence-corrected chi connectivity index (χ1v) is 8.78. The highest BCUT2D eigenvalue weighted by molar-refractivity contribution is 7.89. The van der Waals surface area contributed by atoms with Crippen molar-refractivity contribution < 1.29 is 8.42 Å². The zero-order valence-corrected chi connectivity index (χ0v) is 13.7. The average molecular weight is 299 g/mol. The van der Waals surface area contributed by atoms with Crippen LogP contribution in [0.3, 0.4) is 0 Å². The molecule has 1 N–H and O–H groups in total. The van der Waals surface area contributed by atoms with Crippen LogP contribution in [0, 0.1) is 5.92 Å². The van der Waals surface area contributed by atoms with Crippen molar-refractivity contribution in [3.8, 4) is 0 Å². The Morgan fingerprint density at radius 2 is 1.95 bits per heavy atom. The number of likely N-dealkylation sites (N-methyl/N-ethyl adjacent to an activating group) is 1. The van der Waals surface area contributed by atoms with E-state index in [0.717, 1.165) is 12.4 Å². The molecule has 0 saturated carbocycles. The molecule has 0 aromatic carbocycles. The molecule has 6 heteroatoms. The monoisotopic (exact) mass is 299 g/mol.